The van der Waals surface area contributed by atoms with Gasteiger partial charge in [0.05, 0.1) is 16.6 Å². The summed E-state index contributed by atoms with van der Waals surface area (Å²) in [5.74, 6) is 0.375. The first-order valence-corrected chi connectivity index (χ1v) is 13.3. The van der Waals surface area contributed by atoms with Crippen molar-refractivity contribution in [3.8, 4) is 11.3 Å². The van der Waals surface area contributed by atoms with Gasteiger partial charge in [0.1, 0.15) is 15.8 Å². The van der Waals surface area contributed by atoms with E-state index < -0.39 is 18.4 Å². The number of aldehydes is 1. The quantitative estimate of drug-likeness (QED) is 0.0866. The predicted octanol–water partition coefficient (Wildman–Crippen LogP) is 6.70. The second-order valence-electron chi connectivity index (χ2n) is 8.66. The highest BCUT2D eigenvalue weighted by Gasteiger charge is 2.18. The van der Waals surface area contributed by atoms with Gasteiger partial charge in [-0.1, -0.05) is 66.4 Å². The topological polar surface area (TPSA) is 95.3 Å². The van der Waals surface area contributed by atoms with E-state index in [-0.39, 0.29) is 11.7 Å². The number of thioether (sulfide) groups is 1. The smallest absolute Gasteiger partial charge is 0.457 e. The number of furan rings is 1. The molecule has 204 valence electrons. The van der Waals surface area contributed by atoms with E-state index in [1.54, 1.807) is 56.3 Å². The summed E-state index contributed by atoms with van der Waals surface area (Å²) in [6, 6.07) is 20.0. The summed E-state index contributed by atoms with van der Waals surface area (Å²) in [4.78, 5) is 37.9. The Bertz CT molecular complexity index is 1320. The van der Waals surface area contributed by atoms with Crippen molar-refractivity contribution in [2.45, 2.75) is 39.7 Å². The molecule has 1 heterocycles. The highest BCUT2D eigenvalue weighted by atomic mass is 32.2. The van der Waals surface area contributed by atoms with Gasteiger partial charge in [-0.3, -0.25) is 4.79 Å². The molecular formula is C29H29NO7S2. The van der Waals surface area contributed by atoms with Crippen molar-refractivity contribution >= 4 is 52.8 Å². The lowest BCUT2D eigenvalue weighted by Gasteiger charge is -2.19. The first kappa shape index (κ1) is 29.7. The van der Waals surface area contributed by atoms with Crippen molar-refractivity contribution in [1.82, 2.24) is 4.90 Å². The number of carbonyl (C=O) groups is 3. The monoisotopic (exact) mass is 567 g/mol. The molecule has 1 unspecified atom stereocenters. The third-order valence-electron chi connectivity index (χ3n) is 5.08. The van der Waals surface area contributed by atoms with Crippen LogP contribution in [-0.4, -0.2) is 47.1 Å². The van der Waals surface area contributed by atoms with Crippen LogP contribution in [0.4, 0.5) is 4.79 Å². The minimum absolute atomic E-state index is 0.269. The molecule has 3 rings (SSSR count). The fourth-order valence-corrected chi connectivity index (χ4v) is 4.28. The number of carbonyl (C=O) groups excluding carboxylic acids is 3. The van der Waals surface area contributed by atoms with E-state index in [9.17, 15) is 14.4 Å². The molecule has 0 fully saturated rings. The first-order chi connectivity index (χ1) is 18.6. The number of rotatable bonds is 10. The first-order valence-electron chi connectivity index (χ1n) is 12.1. The Morgan fingerprint density at radius 2 is 1.67 bits per heavy atom. The normalized spacial score (nSPS) is 12.0. The van der Waals surface area contributed by atoms with Crippen LogP contribution in [0, 0.1) is 0 Å². The molecule has 10 heteroatoms. The van der Waals surface area contributed by atoms with E-state index >= 15 is 0 Å². The molecule has 0 aliphatic rings. The molecule has 0 saturated heterocycles. The summed E-state index contributed by atoms with van der Waals surface area (Å²) in [6.07, 6.45) is -0.0117. The summed E-state index contributed by atoms with van der Waals surface area (Å²) in [5, 5.41) is 0. The maximum Gasteiger partial charge on any atom is 0.511 e. The van der Waals surface area contributed by atoms with Crippen LogP contribution < -0.4 is 0 Å². The minimum Gasteiger partial charge on any atom is -0.457 e. The Hall–Kier alpha value is -3.89. The third kappa shape index (κ3) is 9.42. The second kappa shape index (κ2) is 14.3. The van der Waals surface area contributed by atoms with Gasteiger partial charge in [-0.25, -0.2) is 9.59 Å². The minimum atomic E-state index is -1.11. The summed E-state index contributed by atoms with van der Waals surface area (Å²) in [7, 11) is 1.88. The predicted molar refractivity (Wildman–Crippen MR) is 154 cm³/mol. The number of nitrogens with zero attached hydrogens (tertiary/aromatic N) is 1. The van der Waals surface area contributed by atoms with Crippen LogP contribution in [0.1, 0.15) is 42.5 Å². The van der Waals surface area contributed by atoms with Crippen molar-refractivity contribution in [3.05, 3.63) is 88.5 Å². The number of ether oxygens (including phenoxy) is 3. The Morgan fingerprint density at radius 1 is 0.974 bits per heavy atom. The van der Waals surface area contributed by atoms with E-state index in [2.05, 4.69) is 0 Å². The van der Waals surface area contributed by atoms with Crippen LogP contribution >= 0.6 is 24.0 Å². The third-order valence-corrected chi connectivity index (χ3v) is 6.58. The van der Waals surface area contributed by atoms with Gasteiger partial charge in [-0.15, -0.1) is 0 Å². The van der Waals surface area contributed by atoms with Crippen molar-refractivity contribution in [3.63, 3.8) is 0 Å². The van der Waals surface area contributed by atoms with Crippen LogP contribution in [-0.2, 0) is 25.5 Å². The molecule has 1 atom stereocenters. The number of thiocarbonyl (C=S) groups is 1. The second-order valence-corrected chi connectivity index (χ2v) is 10.4. The molecule has 0 N–H and O–H groups in total. The van der Waals surface area contributed by atoms with Crippen molar-refractivity contribution in [2.75, 3.05) is 7.05 Å². The van der Waals surface area contributed by atoms with E-state index in [1.807, 2.05) is 42.3 Å². The zero-order valence-electron chi connectivity index (χ0n) is 22.0. The van der Waals surface area contributed by atoms with Gasteiger partial charge in [-0.2, -0.15) is 0 Å². The molecule has 0 saturated carbocycles. The largest absolute Gasteiger partial charge is 0.511 e. The number of hydrogen-bond acceptors (Lipinski definition) is 9. The lowest BCUT2D eigenvalue weighted by molar-refractivity contribution is -0.104. The highest BCUT2D eigenvalue weighted by Crippen LogP contribution is 2.27. The van der Waals surface area contributed by atoms with Gasteiger partial charge in [0.15, 0.2) is 6.29 Å². The van der Waals surface area contributed by atoms with Gasteiger partial charge in [-0.05, 0) is 49.8 Å². The molecule has 0 bridgehead atoms. The summed E-state index contributed by atoms with van der Waals surface area (Å²) in [6.45, 7) is 5.41. The summed E-state index contributed by atoms with van der Waals surface area (Å²) >= 11 is 6.69. The van der Waals surface area contributed by atoms with E-state index in [0.717, 1.165) is 17.4 Å². The molecule has 0 aliphatic heterocycles. The van der Waals surface area contributed by atoms with Crippen LogP contribution in [0.2, 0.25) is 0 Å². The van der Waals surface area contributed by atoms with Crippen molar-refractivity contribution < 1.29 is 33.0 Å². The highest BCUT2D eigenvalue weighted by molar-refractivity contribution is 8.26. The SMILES string of the molecule is CC(C)OC(=O)OC(C)OC(=O)c1ccc(-c2ccc(/C=C(\C=O)SC(=S)N(C)Cc3ccccc3)o2)cc1. The Morgan fingerprint density at radius 3 is 2.31 bits per heavy atom. The standard InChI is InChI=1S/C29H29NO7S2/c1-19(2)34-29(33)36-20(3)35-27(32)23-12-10-22(11-13-23)26-15-14-24(37-26)16-25(18-31)39-28(38)30(4)17-21-8-6-5-7-9-21/h5-16,18-20H,17H2,1-4H3/b25-16+. The molecule has 0 amide bonds. The van der Waals surface area contributed by atoms with E-state index in [0.29, 0.717) is 27.3 Å². The van der Waals surface area contributed by atoms with Gasteiger partial charge in [0.2, 0.25) is 6.29 Å². The number of benzene rings is 2. The van der Waals surface area contributed by atoms with Gasteiger partial charge >= 0.3 is 12.1 Å². The molecule has 0 aliphatic carbocycles. The van der Waals surface area contributed by atoms with Crippen molar-refractivity contribution in [2.24, 2.45) is 0 Å². The van der Waals surface area contributed by atoms with Gasteiger partial charge in [0, 0.05) is 26.1 Å². The molecule has 2 aromatic carbocycles. The fourth-order valence-electron chi connectivity index (χ4n) is 3.28. The zero-order chi connectivity index (χ0) is 28.4. The Labute approximate surface area is 236 Å². The van der Waals surface area contributed by atoms with E-state index in [4.69, 9.17) is 30.8 Å². The fraction of sp³-hybridized carbons (Fsp3) is 0.241. The molecular weight excluding hydrogens is 538 g/mol. The lowest BCUT2D eigenvalue weighted by Crippen LogP contribution is -2.23. The summed E-state index contributed by atoms with van der Waals surface area (Å²) < 4.78 is 21.3. The Kier molecular flexibility index (Phi) is 10.9. The van der Waals surface area contributed by atoms with Crippen LogP contribution in [0.15, 0.2) is 76.1 Å². The zero-order valence-corrected chi connectivity index (χ0v) is 23.6. The van der Waals surface area contributed by atoms with Gasteiger partial charge < -0.3 is 23.5 Å². The van der Waals surface area contributed by atoms with E-state index in [1.165, 1.54) is 18.7 Å². The molecule has 1 aromatic heterocycles. The van der Waals surface area contributed by atoms with Crippen LogP contribution in [0.25, 0.3) is 17.4 Å². The molecule has 0 radical (unpaired) electrons. The molecule has 0 spiro atoms. The maximum absolute atomic E-state index is 12.4. The maximum atomic E-state index is 12.4. The van der Waals surface area contributed by atoms with Crippen LogP contribution in [0.3, 0.4) is 0 Å². The van der Waals surface area contributed by atoms with Gasteiger partial charge in [0.25, 0.3) is 0 Å². The number of hydrogen-bond donors (Lipinski definition) is 0. The van der Waals surface area contributed by atoms with Crippen LogP contribution in [0.5, 0.6) is 0 Å². The lowest BCUT2D eigenvalue weighted by atomic mass is 10.1. The number of esters is 1. The summed E-state index contributed by atoms with van der Waals surface area (Å²) in [5.41, 5.74) is 2.10. The van der Waals surface area contributed by atoms with Crippen molar-refractivity contribution in [1.29, 1.82) is 0 Å². The number of allylic oxidation sites excluding steroid dienone is 1. The molecule has 39 heavy (non-hydrogen) atoms. The Balaban J connectivity index is 1.59. The average molecular weight is 568 g/mol. The average Bonchev–Trinajstić information content (AvgIpc) is 3.36. The molecule has 8 nitrogen and oxygen atoms in total. The molecule has 3 aromatic rings.